The molecule has 29 heavy (non-hydrogen) atoms. The molecule has 0 saturated carbocycles. The highest BCUT2D eigenvalue weighted by Gasteiger charge is 2.34. The summed E-state index contributed by atoms with van der Waals surface area (Å²) in [7, 11) is 0.890. The van der Waals surface area contributed by atoms with Crippen LogP contribution in [0.1, 0.15) is 23.2 Å². The third-order valence-corrected chi connectivity index (χ3v) is 6.72. The number of carbonyl (C=O) groups is 1. The molecule has 0 N–H and O–H groups in total. The van der Waals surface area contributed by atoms with Gasteiger partial charge in [-0.15, -0.1) is 0 Å². The van der Waals surface area contributed by atoms with E-state index < -0.39 is 9.84 Å². The Balaban J connectivity index is 1.78. The predicted molar refractivity (Wildman–Crippen MR) is 114 cm³/mol. The zero-order chi connectivity index (χ0) is 20.9. The Kier molecular flexibility index (Phi) is 6.92. The van der Waals surface area contributed by atoms with E-state index in [-0.39, 0.29) is 23.5 Å². The molecule has 3 rings (SSSR count). The molecule has 1 aliphatic heterocycles. The van der Waals surface area contributed by atoms with Crippen LogP contribution in [0.2, 0.25) is 0 Å². The minimum absolute atomic E-state index is 0.0426. The third-order valence-electron chi connectivity index (χ3n) is 4.97. The molecule has 6 nitrogen and oxygen atoms in total. The fourth-order valence-electron chi connectivity index (χ4n) is 3.51. The number of hydrogen-bond donors (Lipinski definition) is 0. The van der Waals surface area contributed by atoms with Crippen LogP contribution >= 0.6 is 0 Å². The molecular formula is C22H28N2O4S. The third kappa shape index (κ3) is 6.05. The monoisotopic (exact) mass is 416 g/mol. The topological polar surface area (TPSA) is 66.9 Å². The molecule has 1 heterocycles. The molecule has 7 heteroatoms. The number of sulfone groups is 1. The molecule has 156 valence electrons. The van der Waals surface area contributed by atoms with E-state index in [1.807, 2.05) is 44.4 Å². The average molecular weight is 417 g/mol. The molecule has 1 atom stereocenters. The summed E-state index contributed by atoms with van der Waals surface area (Å²) in [5.41, 5.74) is 0.507. The van der Waals surface area contributed by atoms with Crippen LogP contribution in [0, 0.1) is 0 Å². The molecule has 2 aromatic carbocycles. The van der Waals surface area contributed by atoms with Crippen LogP contribution in [0.25, 0.3) is 0 Å². The van der Waals surface area contributed by atoms with Crippen LogP contribution in [-0.4, -0.2) is 68.9 Å². The van der Waals surface area contributed by atoms with Gasteiger partial charge in [-0.05, 0) is 63.8 Å². The Bertz CT molecular complexity index is 929. The Morgan fingerprint density at radius 1 is 1.03 bits per heavy atom. The summed E-state index contributed by atoms with van der Waals surface area (Å²) in [6.45, 7) is 1.36. The summed E-state index contributed by atoms with van der Waals surface area (Å²) in [4.78, 5) is 17.1. The van der Waals surface area contributed by atoms with Crippen LogP contribution in [0.4, 0.5) is 0 Å². The van der Waals surface area contributed by atoms with Crippen molar-refractivity contribution in [3.63, 3.8) is 0 Å². The zero-order valence-electron chi connectivity index (χ0n) is 17.0. The maximum atomic E-state index is 13.3. The maximum Gasteiger partial charge on any atom is 0.254 e. The molecule has 1 saturated heterocycles. The van der Waals surface area contributed by atoms with Gasteiger partial charge in [-0.3, -0.25) is 4.79 Å². The fraction of sp³-hybridized carbons (Fsp3) is 0.409. The Morgan fingerprint density at radius 3 is 2.41 bits per heavy atom. The summed E-state index contributed by atoms with van der Waals surface area (Å²) in [5, 5.41) is 0. The summed E-state index contributed by atoms with van der Waals surface area (Å²) in [5.74, 6) is 1.31. The molecule has 1 aliphatic rings. The van der Waals surface area contributed by atoms with E-state index in [0.29, 0.717) is 30.0 Å². The van der Waals surface area contributed by atoms with Crippen molar-refractivity contribution in [3.8, 4) is 11.5 Å². The highest BCUT2D eigenvalue weighted by Crippen LogP contribution is 2.25. The van der Waals surface area contributed by atoms with Crippen LogP contribution < -0.4 is 4.74 Å². The number of hydrogen-bond acceptors (Lipinski definition) is 5. The number of rotatable bonds is 8. The highest BCUT2D eigenvalue weighted by atomic mass is 32.2. The zero-order valence-corrected chi connectivity index (χ0v) is 17.8. The van der Waals surface area contributed by atoms with Gasteiger partial charge in [0.15, 0.2) is 9.84 Å². The summed E-state index contributed by atoms with van der Waals surface area (Å²) in [6.07, 6.45) is 1.28. The molecule has 0 aliphatic carbocycles. The summed E-state index contributed by atoms with van der Waals surface area (Å²) >= 11 is 0. The average Bonchev–Trinajstić information content (AvgIpc) is 3.05. The number of carbonyl (C=O) groups excluding carboxylic acids is 1. The van der Waals surface area contributed by atoms with Gasteiger partial charge in [-0.25, -0.2) is 8.42 Å². The van der Waals surface area contributed by atoms with Crippen LogP contribution in [-0.2, 0) is 9.84 Å². The number of nitrogens with zero attached hydrogens (tertiary/aromatic N) is 2. The number of amides is 1. The minimum atomic E-state index is -3.08. The van der Waals surface area contributed by atoms with Crippen molar-refractivity contribution in [1.82, 2.24) is 9.80 Å². The van der Waals surface area contributed by atoms with Gasteiger partial charge < -0.3 is 14.5 Å². The van der Waals surface area contributed by atoms with Gasteiger partial charge in [0.25, 0.3) is 5.91 Å². The van der Waals surface area contributed by atoms with Gasteiger partial charge in [0.2, 0.25) is 0 Å². The van der Waals surface area contributed by atoms with Gasteiger partial charge in [0.1, 0.15) is 11.5 Å². The molecule has 0 radical (unpaired) electrons. The molecule has 1 unspecified atom stereocenters. The first-order valence-corrected chi connectivity index (χ1v) is 11.7. The lowest BCUT2D eigenvalue weighted by molar-refractivity contribution is 0.0690. The molecule has 0 bridgehead atoms. The molecule has 1 fully saturated rings. The second kappa shape index (κ2) is 9.41. The van der Waals surface area contributed by atoms with Gasteiger partial charge in [-0.1, -0.05) is 24.3 Å². The van der Waals surface area contributed by atoms with Gasteiger partial charge in [0, 0.05) is 18.2 Å². The highest BCUT2D eigenvalue weighted by molar-refractivity contribution is 7.91. The van der Waals surface area contributed by atoms with Crippen molar-refractivity contribution in [2.75, 3.05) is 38.7 Å². The van der Waals surface area contributed by atoms with E-state index in [1.54, 1.807) is 29.2 Å². The smallest absolute Gasteiger partial charge is 0.254 e. The van der Waals surface area contributed by atoms with Gasteiger partial charge >= 0.3 is 0 Å². The standard InChI is InChI=1S/C22H28N2O4S/c1-23(2)13-7-14-24(19-12-15-29(26,27)17-19)22(25)18-8-6-11-21(16-18)28-20-9-4-3-5-10-20/h3-6,8-11,16,19H,7,12-15,17H2,1-2H3. The predicted octanol–water partition coefficient (Wildman–Crippen LogP) is 3.06. The Hall–Kier alpha value is -2.38. The van der Waals surface area contributed by atoms with E-state index in [4.69, 9.17) is 4.74 Å². The second-order valence-electron chi connectivity index (χ2n) is 7.66. The van der Waals surface area contributed by atoms with Crippen molar-refractivity contribution in [2.24, 2.45) is 0 Å². The first kappa shape index (κ1) is 21.3. The van der Waals surface area contributed by atoms with E-state index in [2.05, 4.69) is 4.90 Å². The van der Waals surface area contributed by atoms with Crippen LogP contribution in [0.5, 0.6) is 11.5 Å². The SMILES string of the molecule is CN(C)CCCN(C(=O)c1cccc(Oc2ccccc2)c1)C1CCS(=O)(=O)C1. The molecule has 2 aromatic rings. The van der Waals surface area contributed by atoms with Crippen molar-refractivity contribution in [1.29, 1.82) is 0 Å². The largest absolute Gasteiger partial charge is 0.457 e. The number of para-hydroxylation sites is 1. The molecule has 0 aromatic heterocycles. The summed E-state index contributed by atoms with van der Waals surface area (Å²) < 4.78 is 29.8. The fourth-order valence-corrected chi connectivity index (χ4v) is 5.24. The van der Waals surface area contributed by atoms with Crippen molar-refractivity contribution in [3.05, 3.63) is 60.2 Å². The first-order valence-electron chi connectivity index (χ1n) is 9.83. The second-order valence-corrected chi connectivity index (χ2v) is 9.88. The van der Waals surface area contributed by atoms with Crippen LogP contribution in [0.3, 0.4) is 0 Å². The molecule has 0 spiro atoms. The molecular weight excluding hydrogens is 388 g/mol. The van der Waals surface area contributed by atoms with E-state index in [0.717, 1.165) is 13.0 Å². The van der Waals surface area contributed by atoms with Crippen molar-refractivity contribution >= 4 is 15.7 Å². The van der Waals surface area contributed by atoms with Crippen molar-refractivity contribution < 1.29 is 17.9 Å². The van der Waals surface area contributed by atoms with Gasteiger partial charge in [-0.2, -0.15) is 0 Å². The quantitative estimate of drug-likeness (QED) is 0.662. The van der Waals surface area contributed by atoms with E-state index in [1.165, 1.54) is 0 Å². The Morgan fingerprint density at radius 2 is 1.76 bits per heavy atom. The van der Waals surface area contributed by atoms with Crippen molar-refractivity contribution in [2.45, 2.75) is 18.9 Å². The maximum absolute atomic E-state index is 13.3. The van der Waals surface area contributed by atoms with E-state index >= 15 is 0 Å². The van der Waals surface area contributed by atoms with Crippen LogP contribution in [0.15, 0.2) is 54.6 Å². The minimum Gasteiger partial charge on any atom is -0.457 e. The number of ether oxygens (including phenoxy) is 1. The molecule has 1 amide bonds. The Labute approximate surface area is 173 Å². The lowest BCUT2D eigenvalue weighted by atomic mass is 10.1. The normalized spacial score (nSPS) is 18.0. The van der Waals surface area contributed by atoms with Gasteiger partial charge in [0.05, 0.1) is 11.5 Å². The lowest BCUT2D eigenvalue weighted by Gasteiger charge is -2.29. The lowest BCUT2D eigenvalue weighted by Crippen LogP contribution is -2.42. The first-order chi connectivity index (χ1) is 13.8. The van der Waals surface area contributed by atoms with E-state index in [9.17, 15) is 13.2 Å². The summed E-state index contributed by atoms with van der Waals surface area (Å²) in [6, 6.07) is 16.2. The number of benzene rings is 2.